The second-order valence-corrected chi connectivity index (χ2v) is 4.15. The van der Waals surface area contributed by atoms with Crippen molar-refractivity contribution in [2.24, 2.45) is 11.8 Å². The van der Waals surface area contributed by atoms with Crippen LogP contribution in [0.4, 0.5) is 0 Å². The molecular weight excluding hydrogens is 220 g/mol. The Morgan fingerprint density at radius 1 is 1.24 bits per heavy atom. The zero-order valence-corrected chi connectivity index (χ0v) is 9.92. The van der Waals surface area contributed by atoms with Crippen molar-refractivity contribution in [3.8, 4) is 0 Å². The van der Waals surface area contributed by atoms with Gasteiger partial charge >= 0.3 is 11.9 Å². The Bertz CT molecular complexity index is 384. The Morgan fingerprint density at radius 2 is 1.82 bits per heavy atom. The van der Waals surface area contributed by atoms with E-state index in [1.54, 1.807) is 13.8 Å². The third-order valence-corrected chi connectivity index (χ3v) is 2.41. The summed E-state index contributed by atoms with van der Waals surface area (Å²) in [6.45, 7) is 3.47. The molecular formula is C13H16O4. The van der Waals surface area contributed by atoms with Crippen molar-refractivity contribution in [1.82, 2.24) is 0 Å². The van der Waals surface area contributed by atoms with Crippen LogP contribution in [0.15, 0.2) is 30.3 Å². The maximum absolute atomic E-state index is 11.6. The van der Waals surface area contributed by atoms with Gasteiger partial charge in [0, 0.05) is 0 Å². The molecule has 0 amide bonds. The Balaban J connectivity index is 2.57. The second kappa shape index (κ2) is 6.03. The number of ether oxygens (including phenoxy) is 1. The topological polar surface area (TPSA) is 63.6 Å². The summed E-state index contributed by atoms with van der Waals surface area (Å²) in [5.41, 5.74) is 0.841. The summed E-state index contributed by atoms with van der Waals surface area (Å²) in [4.78, 5) is 22.5. The lowest BCUT2D eigenvalue weighted by Gasteiger charge is -2.14. The number of rotatable bonds is 5. The van der Waals surface area contributed by atoms with E-state index >= 15 is 0 Å². The van der Waals surface area contributed by atoms with Gasteiger partial charge in [-0.2, -0.15) is 0 Å². The summed E-state index contributed by atoms with van der Waals surface area (Å²) in [6.07, 6.45) is 0. The minimum atomic E-state index is -1.14. The molecule has 0 fully saturated rings. The number of aliphatic carboxylic acids is 1. The van der Waals surface area contributed by atoms with E-state index in [1.165, 1.54) is 0 Å². The van der Waals surface area contributed by atoms with Crippen LogP contribution in [0.1, 0.15) is 19.4 Å². The lowest BCUT2D eigenvalue weighted by Crippen LogP contribution is -2.30. The van der Waals surface area contributed by atoms with Crippen LogP contribution >= 0.6 is 0 Å². The first-order valence-corrected chi connectivity index (χ1v) is 5.45. The number of carboxylic acids is 1. The molecule has 1 N–H and O–H groups in total. The van der Waals surface area contributed by atoms with Gasteiger partial charge < -0.3 is 9.84 Å². The van der Waals surface area contributed by atoms with Crippen LogP contribution in [0.5, 0.6) is 0 Å². The van der Waals surface area contributed by atoms with E-state index in [0.717, 1.165) is 5.56 Å². The van der Waals surface area contributed by atoms with E-state index < -0.39 is 17.9 Å². The van der Waals surface area contributed by atoms with E-state index in [-0.39, 0.29) is 12.5 Å². The van der Waals surface area contributed by atoms with Crippen LogP contribution in [0.2, 0.25) is 0 Å². The molecule has 1 rings (SSSR count). The minimum Gasteiger partial charge on any atom is -0.481 e. The van der Waals surface area contributed by atoms with Crippen molar-refractivity contribution < 1.29 is 19.4 Å². The number of carbonyl (C=O) groups excluding carboxylic acids is 1. The van der Waals surface area contributed by atoms with Gasteiger partial charge in [0.05, 0.1) is 0 Å². The Morgan fingerprint density at radius 3 is 2.29 bits per heavy atom. The highest BCUT2D eigenvalue weighted by atomic mass is 16.5. The highest BCUT2D eigenvalue weighted by molar-refractivity contribution is 5.94. The van der Waals surface area contributed by atoms with Crippen LogP contribution in [0.25, 0.3) is 0 Å². The predicted octanol–water partition coefficient (Wildman–Crippen LogP) is 2.09. The predicted molar refractivity (Wildman–Crippen MR) is 62.2 cm³/mol. The molecule has 0 saturated carbocycles. The number of hydrogen-bond acceptors (Lipinski definition) is 3. The molecule has 0 radical (unpaired) electrons. The molecule has 1 aromatic carbocycles. The summed E-state index contributed by atoms with van der Waals surface area (Å²) in [6, 6.07) is 9.16. The first-order chi connectivity index (χ1) is 8.02. The van der Waals surface area contributed by atoms with Crippen molar-refractivity contribution in [2.45, 2.75) is 20.5 Å². The molecule has 0 unspecified atom stereocenters. The summed E-state index contributed by atoms with van der Waals surface area (Å²) < 4.78 is 4.99. The molecule has 92 valence electrons. The fraction of sp³-hybridized carbons (Fsp3) is 0.385. The molecule has 0 aliphatic rings. The van der Waals surface area contributed by atoms with Gasteiger partial charge in [-0.25, -0.2) is 0 Å². The SMILES string of the molecule is CC(C)[C@H](C(=O)O)C(=O)OCc1ccccc1. The number of carbonyl (C=O) groups is 2. The molecule has 4 heteroatoms. The van der Waals surface area contributed by atoms with Crippen molar-refractivity contribution in [3.63, 3.8) is 0 Å². The highest BCUT2D eigenvalue weighted by Gasteiger charge is 2.30. The van der Waals surface area contributed by atoms with Gasteiger partial charge in [0.1, 0.15) is 6.61 Å². The van der Waals surface area contributed by atoms with E-state index in [4.69, 9.17) is 9.84 Å². The summed E-state index contributed by atoms with van der Waals surface area (Å²) in [5.74, 6) is -3.20. The van der Waals surface area contributed by atoms with Crippen molar-refractivity contribution >= 4 is 11.9 Å². The molecule has 4 nitrogen and oxygen atoms in total. The van der Waals surface area contributed by atoms with Crippen LogP contribution in [-0.2, 0) is 20.9 Å². The molecule has 0 bridgehead atoms. The summed E-state index contributed by atoms with van der Waals surface area (Å²) >= 11 is 0. The fourth-order valence-corrected chi connectivity index (χ4v) is 1.48. The lowest BCUT2D eigenvalue weighted by atomic mass is 9.96. The zero-order valence-electron chi connectivity index (χ0n) is 9.92. The average molecular weight is 236 g/mol. The van der Waals surface area contributed by atoms with Crippen LogP contribution < -0.4 is 0 Å². The van der Waals surface area contributed by atoms with Crippen molar-refractivity contribution in [1.29, 1.82) is 0 Å². The molecule has 0 aromatic heterocycles. The van der Waals surface area contributed by atoms with E-state index in [1.807, 2.05) is 30.3 Å². The van der Waals surface area contributed by atoms with Gasteiger partial charge in [-0.3, -0.25) is 9.59 Å². The second-order valence-electron chi connectivity index (χ2n) is 4.15. The normalized spacial score (nSPS) is 12.2. The Kier molecular flexibility index (Phi) is 4.69. The monoisotopic (exact) mass is 236 g/mol. The first kappa shape index (κ1) is 13.2. The van der Waals surface area contributed by atoms with Gasteiger partial charge in [-0.15, -0.1) is 0 Å². The lowest BCUT2D eigenvalue weighted by molar-refractivity contribution is -0.161. The van der Waals surface area contributed by atoms with E-state index in [9.17, 15) is 9.59 Å². The molecule has 0 aliphatic carbocycles. The number of benzene rings is 1. The largest absolute Gasteiger partial charge is 0.481 e. The quantitative estimate of drug-likeness (QED) is 0.628. The smallest absolute Gasteiger partial charge is 0.320 e. The summed E-state index contributed by atoms with van der Waals surface area (Å²) in [5, 5.41) is 8.91. The van der Waals surface area contributed by atoms with Gasteiger partial charge in [0.2, 0.25) is 0 Å². The van der Waals surface area contributed by atoms with Crippen LogP contribution in [-0.4, -0.2) is 17.0 Å². The molecule has 0 spiro atoms. The Labute approximate surface area is 100 Å². The fourth-order valence-electron chi connectivity index (χ4n) is 1.48. The number of esters is 1. The van der Waals surface area contributed by atoms with Gasteiger partial charge in [-0.05, 0) is 11.5 Å². The molecule has 1 atom stereocenters. The summed E-state index contributed by atoms with van der Waals surface area (Å²) in [7, 11) is 0. The third-order valence-electron chi connectivity index (χ3n) is 2.41. The average Bonchev–Trinajstić information content (AvgIpc) is 2.27. The molecule has 1 aromatic rings. The number of carboxylic acid groups (broad SMARTS) is 1. The van der Waals surface area contributed by atoms with Crippen molar-refractivity contribution in [3.05, 3.63) is 35.9 Å². The van der Waals surface area contributed by atoms with Gasteiger partial charge in [-0.1, -0.05) is 44.2 Å². The molecule has 17 heavy (non-hydrogen) atoms. The first-order valence-electron chi connectivity index (χ1n) is 5.45. The maximum Gasteiger partial charge on any atom is 0.320 e. The van der Waals surface area contributed by atoms with E-state index in [0.29, 0.717) is 0 Å². The van der Waals surface area contributed by atoms with Crippen LogP contribution in [0, 0.1) is 11.8 Å². The van der Waals surface area contributed by atoms with Gasteiger partial charge in [0.25, 0.3) is 0 Å². The highest BCUT2D eigenvalue weighted by Crippen LogP contribution is 2.14. The number of hydrogen-bond donors (Lipinski definition) is 1. The molecule has 0 saturated heterocycles. The van der Waals surface area contributed by atoms with E-state index in [2.05, 4.69) is 0 Å². The van der Waals surface area contributed by atoms with Crippen molar-refractivity contribution in [2.75, 3.05) is 0 Å². The maximum atomic E-state index is 11.6. The van der Waals surface area contributed by atoms with Crippen LogP contribution in [0.3, 0.4) is 0 Å². The Hall–Kier alpha value is -1.84. The third kappa shape index (κ3) is 3.90. The van der Waals surface area contributed by atoms with Gasteiger partial charge in [0.15, 0.2) is 5.92 Å². The minimum absolute atomic E-state index is 0.107. The molecule has 0 aliphatic heterocycles. The standard InChI is InChI=1S/C13H16O4/c1-9(2)11(12(14)15)13(16)17-8-10-6-4-3-5-7-10/h3-7,9,11H,8H2,1-2H3,(H,14,15)/t11-/m1/s1. The zero-order chi connectivity index (χ0) is 12.8. The molecule has 0 heterocycles.